The Morgan fingerprint density at radius 1 is 1.00 bits per heavy atom. The van der Waals surface area contributed by atoms with Gasteiger partial charge in [-0.15, -0.1) is 0 Å². The molecule has 0 aliphatic carbocycles. The number of hydrogen-bond acceptors (Lipinski definition) is 6. The van der Waals surface area contributed by atoms with Gasteiger partial charge in [-0.05, 0) is 53.1 Å². The van der Waals surface area contributed by atoms with Crippen LogP contribution in [-0.4, -0.2) is 34.3 Å². The van der Waals surface area contributed by atoms with Gasteiger partial charge in [-0.2, -0.15) is 8.78 Å². The van der Waals surface area contributed by atoms with Crippen LogP contribution in [0.25, 0.3) is 11.1 Å². The number of alkyl halides is 2. The van der Waals surface area contributed by atoms with Crippen molar-refractivity contribution in [2.75, 3.05) is 13.4 Å². The van der Waals surface area contributed by atoms with Crippen LogP contribution in [0, 0.1) is 0 Å². The molecule has 3 aromatic rings. The number of benzene rings is 3. The van der Waals surface area contributed by atoms with Crippen molar-refractivity contribution in [3.63, 3.8) is 0 Å². The highest BCUT2D eigenvalue weighted by molar-refractivity contribution is 7.90. The Morgan fingerprint density at radius 2 is 1.71 bits per heavy atom. The second kappa shape index (κ2) is 9.30. The van der Waals surface area contributed by atoms with E-state index in [9.17, 15) is 22.0 Å². The van der Waals surface area contributed by atoms with E-state index in [1.807, 2.05) is 6.07 Å². The fraction of sp³-hybridized carbons (Fsp3) is 0.208. The molecule has 0 bridgehead atoms. The van der Waals surface area contributed by atoms with E-state index in [2.05, 4.69) is 10.1 Å². The molecule has 0 unspecified atom stereocenters. The molecule has 0 fully saturated rings. The molecule has 0 aromatic heterocycles. The molecule has 4 rings (SSSR count). The molecular weight excluding hydrogens is 468 g/mol. The fourth-order valence-corrected chi connectivity index (χ4v) is 4.32. The van der Waals surface area contributed by atoms with Crippen LogP contribution in [0.3, 0.4) is 0 Å². The zero-order valence-electron chi connectivity index (χ0n) is 18.3. The van der Waals surface area contributed by atoms with Crippen molar-refractivity contribution in [3.8, 4) is 28.4 Å². The summed E-state index contributed by atoms with van der Waals surface area (Å²) in [5.41, 5.74) is 3.27. The van der Waals surface area contributed by atoms with Gasteiger partial charge in [0.25, 0.3) is 5.91 Å². The van der Waals surface area contributed by atoms with Crippen molar-refractivity contribution in [3.05, 3.63) is 71.3 Å². The van der Waals surface area contributed by atoms with Crippen molar-refractivity contribution < 1.29 is 36.2 Å². The second-order valence-corrected chi connectivity index (χ2v) is 9.63. The van der Waals surface area contributed by atoms with Gasteiger partial charge in [0.2, 0.25) is 5.75 Å². The highest BCUT2D eigenvalue weighted by Crippen LogP contribution is 2.45. The van der Waals surface area contributed by atoms with E-state index in [1.54, 1.807) is 30.3 Å². The Hall–Kier alpha value is -3.66. The predicted molar refractivity (Wildman–Crippen MR) is 120 cm³/mol. The highest BCUT2D eigenvalue weighted by atomic mass is 32.2. The monoisotopic (exact) mass is 489 g/mol. The third-order valence-corrected chi connectivity index (χ3v) is 6.46. The summed E-state index contributed by atoms with van der Waals surface area (Å²) in [6.45, 7) is -2.67. The summed E-state index contributed by atoms with van der Waals surface area (Å²) in [5.74, 6) is -0.194. The van der Waals surface area contributed by atoms with Crippen LogP contribution >= 0.6 is 0 Å². The number of sulfone groups is 1. The third-order valence-electron chi connectivity index (χ3n) is 5.33. The Kier molecular flexibility index (Phi) is 6.43. The Balaban J connectivity index is 1.73. The lowest BCUT2D eigenvalue weighted by molar-refractivity contribution is -0.0513. The summed E-state index contributed by atoms with van der Waals surface area (Å²) < 4.78 is 65.3. The number of hydrogen-bond donors (Lipinski definition) is 1. The van der Waals surface area contributed by atoms with Crippen molar-refractivity contribution >= 4 is 15.7 Å². The number of halogens is 2. The molecule has 1 aliphatic heterocycles. The molecule has 0 spiro atoms. The lowest BCUT2D eigenvalue weighted by atomic mass is 9.99. The summed E-state index contributed by atoms with van der Waals surface area (Å²) in [5, 5.41) is 2.75. The molecule has 10 heteroatoms. The van der Waals surface area contributed by atoms with Gasteiger partial charge in [0.05, 0.1) is 12.0 Å². The van der Waals surface area contributed by atoms with Crippen LogP contribution in [0.2, 0.25) is 0 Å². The minimum Gasteiger partial charge on any atom is -0.490 e. The van der Waals surface area contributed by atoms with Crippen molar-refractivity contribution in [2.24, 2.45) is 0 Å². The molecule has 0 saturated carbocycles. The molecule has 0 radical (unpaired) electrons. The predicted octanol–water partition coefficient (Wildman–Crippen LogP) is 4.19. The molecule has 7 nitrogen and oxygen atoms in total. The molecule has 34 heavy (non-hydrogen) atoms. The van der Waals surface area contributed by atoms with Crippen LogP contribution in [0.5, 0.6) is 17.2 Å². The smallest absolute Gasteiger partial charge is 0.387 e. The molecule has 1 N–H and O–H groups in total. The van der Waals surface area contributed by atoms with Crippen molar-refractivity contribution in [1.29, 1.82) is 0 Å². The van der Waals surface area contributed by atoms with Crippen LogP contribution in [0.4, 0.5) is 8.78 Å². The molecule has 1 amide bonds. The third kappa shape index (κ3) is 4.81. The fourth-order valence-electron chi connectivity index (χ4n) is 3.69. The number of carbonyl (C=O) groups is 1. The summed E-state index contributed by atoms with van der Waals surface area (Å²) in [6, 6.07) is 14.3. The Labute approximate surface area is 195 Å². The van der Waals surface area contributed by atoms with Crippen molar-refractivity contribution in [2.45, 2.75) is 24.7 Å². The van der Waals surface area contributed by atoms with Crippen LogP contribution < -0.4 is 19.5 Å². The largest absolute Gasteiger partial charge is 0.490 e. The first-order chi connectivity index (χ1) is 16.2. The van der Waals surface area contributed by atoms with Gasteiger partial charge in [0.15, 0.2) is 21.3 Å². The van der Waals surface area contributed by atoms with Crippen LogP contribution in [0.15, 0.2) is 59.5 Å². The van der Waals surface area contributed by atoms with E-state index in [4.69, 9.17) is 9.47 Å². The van der Waals surface area contributed by atoms with Crippen molar-refractivity contribution in [1.82, 2.24) is 5.32 Å². The first kappa shape index (κ1) is 23.5. The highest BCUT2D eigenvalue weighted by Gasteiger charge is 2.23. The number of nitrogens with one attached hydrogen (secondary N) is 1. The molecular formula is C24H21F2NO6S. The van der Waals surface area contributed by atoms with E-state index in [1.165, 1.54) is 25.3 Å². The van der Waals surface area contributed by atoms with E-state index in [-0.39, 0.29) is 34.7 Å². The van der Waals surface area contributed by atoms with Gasteiger partial charge < -0.3 is 19.5 Å². The minimum atomic E-state index is -3.34. The zero-order chi connectivity index (χ0) is 24.5. The number of ether oxygens (including phenoxy) is 3. The lowest BCUT2D eigenvalue weighted by Crippen LogP contribution is -2.12. The van der Waals surface area contributed by atoms with Gasteiger partial charge >= 0.3 is 6.61 Å². The minimum absolute atomic E-state index is 0.0104. The standard InChI is InChI=1S/C24H21F2NO6S/c1-31-22-20(33-24(25)26)10-9-18(15-5-8-19-16(11-15)12-27-23(19)28)21(22)32-13-14-3-6-17(7-4-14)34(2,29)30/h3-11,24H,12-13H2,1-2H3,(H,27,28). The molecule has 0 atom stereocenters. The summed E-state index contributed by atoms with van der Waals surface area (Å²) in [7, 11) is -2.03. The summed E-state index contributed by atoms with van der Waals surface area (Å²) in [6.07, 6.45) is 1.11. The van der Waals surface area contributed by atoms with Crippen LogP contribution in [0.1, 0.15) is 21.5 Å². The average Bonchev–Trinajstić information content (AvgIpc) is 3.17. The first-order valence-corrected chi connectivity index (χ1v) is 12.1. The topological polar surface area (TPSA) is 90.9 Å². The zero-order valence-corrected chi connectivity index (χ0v) is 19.1. The maximum atomic E-state index is 13.0. The Bertz CT molecular complexity index is 1340. The van der Waals surface area contributed by atoms with E-state index >= 15 is 0 Å². The van der Waals surface area contributed by atoms with E-state index in [0.29, 0.717) is 28.8 Å². The maximum Gasteiger partial charge on any atom is 0.387 e. The molecule has 0 saturated heterocycles. The maximum absolute atomic E-state index is 13.0. The number of fused-ring (bicyclic) bond motifs is 1. The van der Waals surface area contributed by atoms with E-state index in [0.717, 1.165) is 11.8 Å². The molecule has 1 heterocycles. The van der Waals surface area contributed by atoms with Crippen LogP contribution in [-0.2, 0) is 23.0 Å². The normalized spacial score (nSPS) is 12.9. The lowest BCUT2D eigenvalue weighted by Gasteiger charge is -2.19. The quantitative estimate of drug-likeness (QED) is 0.510. The second-order valence-electron chi connectivity index (χ2n) is 7.61. The molecule has 3 aromatic carbocycles. The van der Waals surface area contributed by atoms with E-state index < -0.39 is 16.4 Å². The van der Waals surface area contributed by atoms with Gasteiger partial charge in [-0.1, -0.05) is 18.2 Å². The number of methoxy groups -OCH3 is 1. The molecule has 178 valence electrons. The van der Waals surface area contributed by atoms with Gasteiger partial charge in [-0.25, -0.2) is 8.42 Å². The summed E-state index contributed by atoms with van der Waals surface area (Å²) >= 11 is 0. The average molecular weight is 489 g/mol. The summed E-state index contributed by atoms with van der Waals surface area (Å²) in [4.78, 5) is 12.1. The molecule has 1 aliphatic rings. The number of carbonyl (C=O) groups excluding carboxylic acids is 1. The van der Waals surface area contributed by atoms with Gasteiger partial charge in [-0.3, -0.25) is 4.79 Å². The van der Waals surface area contributed by atoms with Gasteiger partial charge in [0, 0.05) is 23.9 Å². The number of amides is 1. The first-order valence-electron chi connectivity index (χ1n) is 10.2. The van der Waals surface area contributed by atoms with Gasteiger partial charge in [0.1, 0.15) is 6.61 Å². The Morgan fingerprint density at radius 3 is 2.35 bits per heavy atom. The SMILES string of the molecule is COc1c(OC(F)F)ccc(-c2ccc3c(c2)CNC3=O)c1OCc1ccc(S(C)(=O)=O)cc1. The number of rotatable bonds is 8.